The number of hydrogen-bond donors (Lipinski definition) is 0. The van der Waals surface area contributed by atoms with Gasteiger partial charge in [-0.15, -0.1) is 0 Å². The third-order valence-electron chi connectivity index (χ3n) is 11.2. The molecule has 0 aliphatic heterocycles. The van der Waals surface area contributed by atoms with E-state index in [1.807, 2.05) is 0 Å². The van der Waals surface area contributed by atoms with Crippen LogP contribution in [0.5, 0.6) is 0 Å². The van der Waals surface area contributed by atoms with Crippen molar-refractivity contribution in [1.82, 2.24) is 0 Å². The summed E-state index contributed by atoms with van der Waals surface area (Å²) in [4.78, 5) is 25.4. The van der Waals surface area contributed by atoms with Crippen molar-refractivity contribution >= 4 is 11.9 Å². The van der Waals surface area contributed by atoms with Crippen LogP contribution < -0.4 is 0 Å². The van der Waals surface area contributed by atoms with Gasteiger partial charge in [0.05, 0.1) is 6.61 Å². The van der Waals surface area contributed by atoms with Crippen molar-refractivity contribution in [3.05, 3.63) is 72.9 Å². The number of carbonyl (C=O) groups is 2. The third kappa shape index (κ3) is 50.0. The van der Waals surface area contributed by atoms with Gasteiger partial charge in [0.25, 0.3) is 0 Å². The quantitative estimate of drug-likeness (QED) is 0.0346. The van der Waals surface area contributed by atoms with Gasteiger partial charge in [-0.05, 0) is 89.9 Å². The van der Waals surface area contributed by atoms with Crippen molar-refractivity contribution in [2.45, 2.75) is 258 Å². The Bertz CT molecular complexity index is 1110. The molecule has 0 bridgehead atoms. The first kappa shape index (κ1) is 59.3. The van der Waals surface area contributed by atoms with E-state index in [0.29, 0.717) is 19.4 Å². The van der Waals surface area contributed by atoms with Gasteiger partial charge in [-0.25, -0.2) is 0 Å². The van der Waals surface area contributed by atoms with E-state index < -0.39 is 6.10 Å². The van der Waals surface area contributed by atoms with Gasteiger partial charge in [0.15, 0.2) is 6.10 Å². The van der Waals surface area contributed by atoms with Crippen LogP contribution in [0.1, 0.15) is 252 Å². The second-order valence-electron chi connectivity index (χ2n) is 17.4. The van der Waals surface area contributed by atoms with E-state index in [2.05, 4.69) is 93.7 Å². The van der Waals surface area contributed by atoms with Gasteiger partial charge >= 0.3 is 11.9 Å². The van der Waals surface area contributed by atoms with Crippen LogP contribution in [0, 0.1) is 0 Å². The number of rotatable bonds is 48. The van der Waals surface area contributed by atoms with Crippen LogP contribution in [0.15, 0.2) is 72.9 Å². The van der Waals surface area contributed by atoms with Crippen LogP contribution in [-0.2, 0) is 23.8 Å². The monoisotopic (exact) mass is 865 g/mol. The van der Waals surface area contributed by atoms with E-state index in [1.165, 1.54) is 135 Å². The molecule has 1 atom stereocenters. The van der Waals surface area contributed by atoms with Crippen LogP contribution >= 0.6 is 0 Å². The predicted molar refractivity (Wildman–Crippen MR) is 270 cm³/mol. The van der Waals surface area contributed by atoms with E-state index >= 15 is 0 Å². The molecule has 62 heavy (non-hydrogen) atoms. The zero-order chi connectivity index (χ0) is 44.9. The minimum atomic E-state index is -0.547. The molecule has 0 radical (unpaired) electrons. The van der Waals surface area contributed by atoms with Crippen LogP contribution in [0.2, 0.25) is 0 Å². The normalized spacial score (nSPS) is 12.8. The van der Waals surface area contributed by atoms with E-state index in [1.54, 1.807) is 0 Å². The van der Waals surface area contributed by atoms with Crippen molar-refractivity contribution in [2.75, 3.05) is 19.8 Å². The number of allylic oxidation sites excluding steroid dienone is 12. The summed E-state index contributed by atoms with van der Waals surface area (Å²) in [6, 6.07) is 0. The minimum Gasteiger partial charge on any atom is -0.462 e. The molecule has 0 aliphatic rings. The highest BCUT2D eigenvalue weighted by Gasteiger charge is 2.17. The maximum atomic E-state index is 12.8. The second kappa shape index (κ2) is 52.7. The van der Waals surface area contributed by atoms with Crippen molar-refractivity contribution in [3.63, 3.8) is 0 Å². The Morgan fingerprint density at radius 1 is 0.371 bits per heavy atom. The van der Waals surface area contributed by atoms with Gasteiger partial charge in [0.1, 0.15) is 6.61 Å². The van der Waals surface area contributed by atoms with Crippen LogP contribution in [0.25, 0.3) is 0 Å². The van der Waals surface area contributed by atoms with Crippen molar-refractivity contribution in [2.24, 2.45) is 0 Å². The molecule has 1 unspecified atom stereocenters. The molecule has 0 N–H and O–H groups in total. The fraction of sp³-hybridized carbons (Fsp3) is 0.754. The molecule has 0 aliphatic carbocycles. The molecule has 5 nitrogen and oxygen atoms in total. The largest absolute Gasteiger partial charge is 0.462 e. The molecule has 0 rings (SSSR count). The Balaban J connectivity index is 4.27. The second-order valence-corrected chi connectivity index (χ2v) is 17.4. The summed E-state index contributed by atoms with van der Waals surface area (Å²) in [7, 11) is 0. The summed E-state index contributed by atoms with van der Waals surface area (Å²) >= 11 is 0. The SMILES string of the molecule is CC/C=C\C/C=C\C/C=C\C/C=C\CCCCCCCCC(=O)OCC(COCCCCCCCC/C=C\C/C=C\CCCCC)OC(=O)CCCCCCCCCCCCC. The average molecular weight is 865 g/mol. The van der Waals surface area contributed by atoms with Crippen molar-refractivity contribution < 1.29 is 23.8 Å². The molecule has 0 spiro atoms. The zero-order valence-corrected chi connectivity index (χ0v) is 41.1. The lowest BCUT2D eigenvalue weighted by Crippen LogP contribution is -2.30. The first-order valence-corrected chi connectivity index (χ1v) is 26.5. The number of ether oxygens (including phenoxy) is 3. The fourth-order valence-electron chi connectivity index (χ4n) is 7.30. The number of esters is 2. The molecule has 0 aromatic rings. The van der Waals surface area contributed by atoms with Gasteiger partial charge in [0.2, 0.25) is 0 Å². The fourth-order valence-corrected chi connectivity index (χ4v) is 7.30. The first-order chi connectivity index (χ1) is 30.6. The lowest BCUT2D eigenvalue weighted by atomic mass is 10.1. The highest BCUT2D eigenvalue weighted by Crippen LogP contribution is 2.14. The molecule has 0 heterocycles. The molecule has 358 valence electrons. The Kier molecular flexibility index (Phi) is 50.4. The molecule has 0 fully saturated rings. The molecule has 0 saturated heterocycles. The van der Waals surface area contributed by atoms with E-state index in [-0.39, 0.29) is 25.2 Å². The highest BCUT2D eigenvalue weighted by atomic mass is 16.6. The standard InChI is InChI=1S/C57H100O5/c1-4-7-10-13-16-19-22-24-26-28-29-30-31-33-36-38-41-44-47-50-56(58)61-54-55(62-57(59)51-48-45-42-39-35-21-18-15-12-9-6-3)53-60-52-49-46-43-40-37-34-32-27-25-23-20-17-14-11-8-5-2/h7,10,16-17,19-20,24-27,29-30,55H,4-6,8-9,11-15,18,21-23,28,31-54H2,1-3H3/b10-7-,19-16-,20-17-,26-24-,27-25-,30-29-. The van der Waals surface area contributed by atoms with Crippen molar-refractivity contribution in [3.8, 4) is 0 Å². The molecule has 0 aromatic heterocycles. The van der Waals surface area contributed by atoms with Gasteiger partial charge in [-0.1, -0.05) is 222 Å². The molecule has 0 amide bonds. The smallest absolute Gasteiger partial charge is 0.306 e. The zero-order valence-electron chi connectivity index (χ0n) is 41.1. The minimum absolute atomic E-state index is 0.0732. The number of unbranched alkanes of at least 4 members (excludes halogenated alkanes) is 25. The molecule has 0 saturated carbocycles. The third-order valence-corrected chi connectivity index (χ3v) is 11.2. The lowest BCUT2D eigenvalue weighted by Gasteiger charge is -2.18. The van der Waals surface area contributed by atoms with E-state index in [9.17, 15) is 9.59 Å². The maximum absolute atomic E-state index is 12.8. The number of carbonyl (C=O) groups excluding carboxylic acids is 2. The van der Waals surface area contributed by atoms with Gasteiger partial charge in [-0.2, -0.15) is 0 Å². The van der Waals surface area contributed by atoms with E-state index in [4.69, 9.17) is 14.2 Å². The van der Waals surface area contributed by atoms with Crippen LogP contribution in [0.3, 0.4) is 0 Å². The van der Waals surface area contributed by atoms with Crippen LogP contribution in [0.4, 0.5) is 0 Å². The van der Waals surface area contributed by atoms with Crippen LogP contribution in [-0.4, -0.2) is 37.9 Å². The summed E-state index contributed by atoms with van der Waals surface area (Å²) in [6.45, 7) is 7.66. The highest BCUT2D eigenvalue weighted by molar-refractivity contribution is 5.70. The first-order valence-electron chi connectivity index (χ1n) is 26.5. The van der Waals surface area contributed by atoms with Gasteiger partial charge < -0.3 is 14.2 Å². The van der Waals surface area contributed by atoms with Crippen molar-refractivity contribution in [1.29, 1.82) is 0 Å². The predicted octanol–water partition coefficient (Wildman–Crippen LogP) is 17.9. The summed E-state index contributed by atoms with van der Waals surface area (Å²) < 4.78 is 17.4. The lowest BCUT2D eigenvalue weighted by molar-refractivity contribution is -0.163. The summed E-state index contributed by atoms with van der Waals surface area (Å²) in [5.74, 6) is -0.415. The Morgan fingerprint density at radius 2 is 0.726 bits per heavy atom. The average Bonchev–Trinajstić information content (AvgIpc) is 3.27. The van der Waals surface area contributed by atoms with E-state index in [0.717, 1.165) is 83.5 Å². The maximum Gasteiger partial charge on any atom is 0.306 e. The number of hydrogen-bond acceptors (Lipinski definition) is 5. The Labute approximate surface area is 385 Å². The van der Waals surface area contributed by atoms with Gasteiger partial charge in [-0.3, -0.25) is 9.59 Å². The summed E-state index contributed by atoms with van der Waals surface area (Å²) in [5, 5.41) is 0. The molecule has 5 heteroatoms. The Morgan fingerprint density at radius 3 is 1.19 bits per heavy atom. The van der Waals surface area contributed by atoms with Gasteiger partial charge in [0, 0.05) is 19.4 Å². The topological polar surface area (TPSA) is 61.8 Å². The molecule has 0 aromatic carbocycles. The Hall–Kier alpha value is -2.66. The summed E-state index contributed by atoms with van der Waals surface area (Å²) in [6.07, 6.45) is 67.6. The molecular formula is C57H100O5. The summed E-state index contributed by atoms with van der Waals surface area (Å²) in [5.41, 5.74) is 0. The molecular weight excluding hydrogens is 765 g/mol.